The number of sulfonamides is 1. The number of H-pyrrole nitrogens is 1. The van der Waals surface area contributed by atoms with Crippen LogP contribution in [0.25, 0.3) is 0 Å². The van der Waals surface area contributed by atoms with Crippen molar-refractivity contribution in [1.82, 2.24) is 19.5 Å². The Morgan fingerprint density at radius 1 is 1.00 bits per heavy atom. The van der Waals surface area contributed by atoms with Gasteiger partial charge in [0.25, 0.3) is 5.91 Å². The van der Waals surface area contributed by atoms with E-state index in [1.54, 1.807) is 18.7 Å². The third-order valence-corrected chi connectivity index (χ3v) is 8.29. The number of amides is 1. The maximum Gasteiger partial charge on any atom is 0.257 e. The van der Waals surface area contributed by atoms with Crippen LogP contribution in [0.5, 0.6) is 0 Å². The lowest BCUT2D eigenvalue weighted by molar-refractivity contribution is 0.0720. The average Bonchev–Trinajstić information content (AvgIpc) is 3.10. The summed E-state index contributed by atoms with van der Waals surface area (Å²) in [6.07, 6.45) is 4.56. The lowest BCUT2D eigenvalue weighted by Crippen LogP contribution is -2.44. The van der Waals surface area contributed by atoms with Crippen LogP contribution in [0.15, 0.2) is 35.2 Å². The van der Waals surface area contributed by atoms with E-state index in [0.717, 1.165) is 51.7 Å². The molecule has 2 aromatic rings. The second-order valence-electron chi connectivity index (χ2n) is 9.09. The first-order valence-corrected chi connectivity index (χ1v) is 13.1. The number of nitrogens with one attached hydrogen (secondary N) is 2. The Bertz CT molecular complexity index is 1030. The number of aryl methyl sites for hydroxylation is 2. The fourth-order valence-corrected chi connectivity index (χ4v) is 6.69. The molecular weight excluding hydrogens is 424 g/mol. The Morgan fingerprint density at radius 3 is 2.31 bits per heavy atom. The van der Waals surface area contributed by atoms with Crippen molar-refractivity contribution in [1.29, 1.82) is 0 Å². The number of carbonyl (C=O) groups is 1. The van der Waals surface area contributed by atoms with Crippen molar-refractivity contribution in [2.45, 2.75) is 63.4 Å². The predicted octanol–water partition coefficient (Wildman–Crippen LogP) is 3.20. The maximum atomic E-state index is 13.4. The number of hydrogen-bond donors (Lipinski definition) is 2. The number of likely N-dealkylation sites (tertiary alicyclic amines) is 2. The molecule has 0 radical (unpaired) electrons. The molecule has 7 nitrogen and oxygen atoms in total. The summed E-state index contributed by atoms with van der Waals surface area (Å²) in [4.78, 5) is 20.6. The van der Waals surface area contributed by atoms with Crippen molar-refractivity contribution in [3.8, 4) is 0 Å². The number of aromatic nitrogens is 1. The Kier molecular flexibility index (Phi) is 7.02. The highest BCUT2D eigenvalue weighted by Crippen LogP contribution is 2.27. The normalized spacial score (nSPS) is 18.8. The van der Waals surface area contributed by atoms with Gasteiger partial charge in [-0.05, 0) is 51.5 Å². The highest BCUT2D eigenvalue weighted by atomic mass is 32.2. The van der Waals surface area contributed by atoms with Crippen LogP contribution in [0, 0.1) is 13.8 Å². The number of benzene rings is 1. The molecule has 2 saturated heterocycles. The summed E-state index contributed by atoms with van der Waals surface area (Å²) in [5.74, 6) is -0.176. The van der Waals surface area contributed by atoms with Crippen LogP contribution in [0.4, 0.5) is 0 Å². The largest absolute Gasteiger partial charge is 0.361 e. The Balaban J connectivity index is 1.44. The van der Waals surface area contributed by atoms with E-state index in [4.69, 9.17) is 0 Å². The molecule has 2 aliphatic heterocycles. The molecule has 8 heteroatoms. The Hall–Kier alpha value is -2.16. The Labute approximate surface area is 191 Å². The summed E-state index contributed by atoms with van der Waals surface area (Å²) < 4.78 is 29.7. The first kappa shape index (κ1) is 23.0. The van der Waals surface area contributed by atoms with Crippen molar-refractivity contribution in [3.63, 3.8) is 0 Å². The zero-order valence-corrected chi connectivity index (χ0v) is 19.9. The number of rotatable bonds is 6. The average molecular weight is 459 g/mol. The number of nitrogens with zero attached hydrogens (tertiary/aromatic N) is 2. The molecule has 0 saturated carbocycles. The van der Waals surface area contributed by atoms with E-state index >= 15 is 0 Å². The van der Waals surface area contributed by atoms with Crippen molar-refractivity contribution >= 4 is 15.9 Å². The van der Waals surface area contributed by atoms with E-state index < -0.39 is 10.0 Å². The van der Waals surface area contributed by atoms with Crippen LogP contribution in [0.2, 0.25) is 0 Å². The van der Waals surface area contributed by atoms with Gasteiger partial charge in [0.1, 0.15) is 4.90 Å². The van der Waals surface area contributed by atoms with Gasteiger partial charge in [-0.15, -0.1) is 0 Å². The maximum absolute atomic E-state index is 13.4. The Morgan fingerprint density at radius 2 is 1.66 bits per heavy atom. The number of carbonyl (C=O) groups excluding carboxylic acids is 1. The van der Waals surface area contributed by atoms with E-state index in [2.05, 4.69) is 26.7 Å². The molecule has 1 aromatic carbocycles. The molecule has 0 bridgehead atoms. The minimum Gasteiger partial charge on any atom is -0.361 e. The fraction of sp³-hybridized carbons (Fsp3) is 0.542. The molecule has 0 aliphatic carbocycles. The molecule has 2 fully saturated rings. The molecule has 0 unspecified atom stereocenters. The van der Waals surface area contributed by atoms with E-state index in [-0.39, 0.29) is 16.8 Å². The highest BCUT2D eigenvalue weighted by Gasteiger charge is 2.33. The van der Waals surface area contributed by atoms with Gasteiger partial charge >= 0.3 is 0 Å². The highest BCUT2D eigenvalue weighted by molar-refractivity contribution is 7.89. The van der Waals surface area contributed by atoms with Crippen molar-refractivity contribution in [2.24, 2.45) is 0 Å². The third-order valence-electron chi connectivity index (χ3n) is 6.60. The molecule has 3 heterocycles. The van der Waals surface area contributed by atoms with Gasteiger partial charge in [0, 0.05) is 50.2 Å². The standard InChI is InChI=1S/C24H34N4O3S/c1-18-22(24(29)28-13-7-4-8-14-28)23(19(2)25-18)32(30,31)26-21-11-15-27(16-12-21)17-20-9-5-3-6-10-20/h3,5-6,9-10,21,25-26H,4,7-8,11-17H2,1-2H3. The first-order chi connectivity index (χ1) is 15.3. The molecule has 2 aliphatic rings. The van der Waals surface area contributed by atoms with Gasteiger partial charge in [0.2, 0.25) is 10.0 Å². The van der Waals surface area contributed by atoms with Crippen LogP contribution in [0.1, 0.15) is 59.4 Å². The summed E-state index contributed by atoms with van der Waals surface area (Å²) in [5, 5.41) is 0. The van der Waals surface area contributed by atoms with E-state index in [1.165, 1.54) is 5.56 Å². The number of hydrogen-bond acceptors (Lipinski definition) is 4. The van der Waals surface area contributed by atoms with Crippen LogP contribution in [-0.2, 0) is 16.6 Å². The van der Waals surface area contributed by atoms with Crippen LogP contribution in [-0.4, -0.2) is 61.3 Å². The van der Waals surface area contributed by atoms with Gasteiger partial charge in [0.05, 0.1) is 5.56 Å². The van der Waals surface area contributed by atoms with E-state index in [1.807, 2.05) is 18.2 Å². The zero-order valence-electron chi connectivity index (χ0n) is 19.1. The summed E-state index contributed by atoms with van der Waals surface area (Å²) >= 11 is 0. The lowest BCUT2D eigenvalue weighted by atomic mass is 10.1. The smallest absolute Gasteiger partial charge is 0.257 e. The second-order valence-corrected chi connectivity index (χ2v) is 10.7. The molecule has 1 amide bonds. The van der Waals surface area contributed by atoms with Gasteiger partial charge in [-0.1, -0.05) is 30.3 Å². The van der Waals surface area contributed by atoms with E-state index in [0.29, 0.717) is 30.0 Å². The van der Waals surface area contributed by atoms with Crippen LogP contribution < -0.4 is 4.72 Å². The molecule has 2 N–H and O–H groups in total. The van der Waals surface area contributed by atoms with Gasteiger partial charge in [0.15, 0.2) is 0 Å². The summed E-state index contributed by atoms with van der Waals surface area (Å²) in [7, 11) is -3.81. The molecule has 4 rings (SSSR count). The van der Waals surface area contributed by atoms with Gasteiger partial charge in [-0.3, -0.25) is 9.69 Å². The monoisotopic (exact) mass is 458 g/mol. The number of aromatic amines is 1. The summed E-state index contributed by atoms with van der Waals surface area (Å²) in [5.41, 5.74) is 2.72. The molecule has 32 heavy (non-hydrogen) atoms. The second kappa shape index (κ2) is 9.77. The fourth-order valence-electron chi connectivity index (χ4n) is 4.94. The molecule has 0 spiro atoms. The summed E-state index contributed by atoms with van der Waals surface area (Å²) in [6.45, 7) is 7.46. The van der Waals surface area contributed by atoms with Crippen LogP contribution >= 0.6 is 0 Å². The molecule has 174 valence electrons. The minimum atomic E-state index is -3.81. The summed E-state index contributed by atoms with van der Waals surface area (Å²) in [6, 6.07) is 10.2. The SMILES string of the molecule is Cc1[nH]c(C)c(S(=O)(=O)NC2CCN(Cc3ccccc3)CC2)c1C(=O)N1CCCCC1. The van der Waals surface area contributed by atoms with Crippen LogP contribution in [0.3, 0.4) is 0 Å². The van der Waals surface area contributed by atoms with Gasteiger partial charge in [-0.25, -0.2) is 13.1 Å². The van der Waals surface area contributed by atoms with E-state index in [9.17, 15) is 13.2 Å². The van der Waals surface area contributed by atoms with Gasteiger partial charge in [-0.2, -0.15) is 0 Å². The van der Waals surface area contributed by atoms with Gasteiger partial charge < -0.3 is 9.88 Å². The number of piperidine rings is 2. The first-order valence-electron chi connectivity index (χ1n) is 11.6. The predicted molar refractivity (Wildman–Crippen MR) is 125 cm³/mol. The quantitative estimate of drug-likeness (QED) is 0.696. The molecule has 0 atom stereocenters. The lowest BCUT2D eigenvalue weighted by Gasteiger charge is -2.32. The van der Waals surface area contributed by atoms with Crippen molar-refractivity contribution in [3.05, 3.63) is 52.8 Å². The topological polar surface area (TPSA) is 85.5 Å². The molecule has 1 aromatic heterocycles. The zero-order chi connectivity index (χ0) is 22.7. The van der Waals surface area contributed by atoms with Crippen molar-refractivity contribution in [2.75, 3.05) is 26.2 Å². The van der Waals surface area contributed by atoms with Crippen molar-refractivity contribution < 1.29 is 13.2 Å². The third kappa shape index (κ3) is 5.08. The molecular formula is C24H34N4O3S. The minimum absolute atomic E-state index is 0.122.